The Kier molecular flexibility index (Phi) is 8.73. The highest BCUT2D eigenvalue weighted by atomic mass is 35.5. The molecule has 11 heteroatoms. The average Bonchev–Trinajstić information content (AvgIpc) is 3.14. The number of nitrogens with one attached hydrogen (secondary N) is 1. The molecule has 0 bridgehead atoms. The number of ether oxygens (including phenoxy) is 1. The van der Waals surface area contributed by atoms with Crippen LogP contribution in [0, 0.1) is 0 Å². The number of carbonyl (C=O) groups excluding carboxylic acids is 1. The zero-order valence-electron chi connectivity index (χ0n) is 16.8. The molecule has 0 spiro atoms. The first kappa shape index (κ1) is 24.7. The summed E-state index contributed by atoms with van der Waals surface area (Å²) >= 11 is 25.6. The van der Waals surface area contributed by atoms with E-state index in [9.17, 15) is 4.79 Å². The molecule has 1 atom stereocenters. The maximum atomic E-state index is 12.4. The van der Waals surface area contributed by atoms with Crippen LogP contribution in [0.2, 0.25) is 20.1 Å². The van der Waals surface area contributed by atoms with Crippen molar-refractivity contribution in [2.24, 2.45) is 0 Å². The maximum absolute atomic E-state index is 12.4. The summed E-state index contributed by atoms with van der Waals surface area (Å²) in [5, 5.41) is 13.3. The molecule has 0 radical (unpaired) electrons. The predicted octanol–water partition coefficient (Wildman–Crippen LogP) is 6.95. The van der Waals surface area contributed by atoms with Crippen LogP contribution in [0.25, 0.3) is 0 Å². The number of rotatable bonds is 9. The molecular weight excluding hydrogens is 514 g/mol. The zero-order chi connectivity index (χ0) is 23.3. The number of thioether (sulfide) groups is 1. The lowest BCUT2D eigenvalue weighted by molar-refractivity contribution is -0.113. The lowest BCUT2D eigenvalue weighted by atomic mass is 10.3. The summed E-state index contributed by atoms with van der Waals surface area (Å²) in [5.41, 5.74) is 0.372. The normalized spacial score (nSPS) is 11.8. The molecule has 0 aliphatic heterocycles. The van der Waals surface area contributed by atoms with Crippen molar-refractivity contribution < 1.29 is 9.53 Å². The van der Waals surface area contributed by atoms with E-state index < -0.39 is 6.10 Å². The van der Waals surface area contributed by atoms with E-state index in [4.69, 9.17) is 51.1 Å². The van der Waals surface area contributed by atoms with Gasteiger partial charge in [0.05, 0.1) is 26.5 Å². The fraction of sp³-hybridized carbons (Fsp3) is 0.190. The van der Waals surface area contributed by atoms with Crippen LogP contribution in [0.3, 0.4) is 0 Å². The largest absolute Gasteiger partial charge is 0.481 e. The number of aromatic nitrogens is 3. The monoisotopic (exact) mass is 530 g/mol. The molecule has 3 aromatic rings. The van der Waals surface area contributed by atoms with Gasteiger partial charge in [-0.25, -0.2) is 0 Å². The van der Waals surface area contributed by atoms with E-state index in [2.05, 4.69) is 22.1 Å². The molecule has 1 aromatic heterocycles. The lowest BCUT2D eigenvalue weighted by Gasteiger charge is -2.16. The van der Waals surface area contributed by atoms with Gasteiger partial charge in [-0.05, 0) is 37.3 Å². The van der Waals surface area contributed by atoms with Crippen molar-refractivity contribution in [3.8, 4) is 5.75 Å². The van der Waals surface area contributed by atoms with Gasteiger partial charge in [-0.3, -0.25) is 9.36 Å². The quantitative estimate of drug-likeness (QED) is 0.239. The molecular formula is C21H18Cl4N4O2S. The number of carbonyl (C=O) groups is 1. The summed E-state index contributed by atoms with van der Waals surface area (Å²) in [5.74, 6) is 0.835. The van der Waals surface area contributed by atoms with Gasteiger partial charge in [0, 0.05) is 11.6 Å². The van der Waals surface area contributed by atoms with Crippen LogP contribution in [0.1, 0.15) is 18.9 Å². The molecule has 6 nitrogen and oxygen atoms in total. The Morgan fingerprint density at radius 1 is 1.19 bits per heavy atom. The smallest absolute Gasteiger partial charge is 0.234 e. The summed E-state index contributed by atoms with van der Waals surface area (Å²) in [6.07, 6.45) is 1.24. The summed E-state index contributed by atoms with van der Waals surface area (Å²) in [6, 6.07) is 9.99. The number of anilines is 1. The van der Waals surface area contributed by atoms with E-state index in [-0.39, 0.29) is 11.7 Å². The van der Waals surface area contributed by atoms with Crippen molar-refractivity contribution >= 4 is 69.8 Å². The molecule has 0 fully saturated rings. The van der Waals surface area contributed by atoms with Gasteiger partial charge >= 0.3 is 0 Å². The van der Waals surface area contributed by atoms with Gasteiger partial charge in [0.1, 0.15) is 5.75 Å². The Morgan fingerprint density at radius 3 is 2.56 bits per heavy atom. The molecule has 2 aromatic carbocycles. The molecule has 32 heavy (non-hydrogen) atoms. The van der Waals surface area contributed by atoms with Gasteiger partial charge in [-0.2, -0.15) is 0 Å². The molecule has 0 aliphatic rings. The molecule has 1 heterocycles. The predicted molar refractivity (Wildman–Crippen MR) is 132 cm³/mol. The van der Waals surface area contributed by atoms with Crippen LogP contribution in [-0.2, 0) is 11.3 Å². The Balaban J connectivity index is 1.71. The second-order valence-corrected chi connectivity index (χ2v) is 9.11. The van der Waals surface area contributed by atoms with Gasteiger partial charge in [-0.1, -0.05) is 70.3 Å². The van der Waals surface area contributed by atoms with Crippen molar-refractivity contribution in [3.63, 3.8) is 0 Å². The second kappa shape index (κ2) is 11.3. The van der Waals surface area contributed by atoms with Gasteiger partial charge in [0.25, 0.3) is 0 Å². The highest BCUT2D eigenvalue weighted by Crippen LogP contribution is 2.32. The molecule has 0 saturated heterocycles. The van der Waals surface area contributed by atoms with E-state index >= 15 is 0 Å². The van der Waals surface area contributed by atoms with Gasteiger partial charge in [0.2, 0.25) is 5.91 Å². The van der Waals surface area contributed by atoms with Crippen LogP contribution in [0.4, 0.5) is 5.69 Å². The lowest BCUT2D eigenvalue weighted by Crippen LogP contribution is -2.16. The van der Waals surface area contributed by atoms with Crippen molar-refractivity contribution in [1.29, 1.82) is 0 Å². The number of hydrogen-bond acceptors (Lipinski definition) is 5. The van der Waals surface area contributed by atoms with E-state index in [1.54, 1.807) is 42.5 Å². The minimum atomic E-state index is -0.466. The van der Waals surface area contributed by atoms with Crippen LogP contribution < -0.4 is 10.1 Å². The Hall–Kier alpha value is -1.90. The third-order valence-electron chi connectivity index (χ3n) is 4.18. The van der Waals surface area contributed by atoms with E-state index in [0.717, 1.165) is 0 Å². The third kappa shape index (κ3) is 6.11. The number of nitrogens with zero attached hydrogens (tertiary/aromatic N) is 3. The van der Waals surface area contributed by atoms with Crippen molar-refractivity contribution in [3.05, 3.63) is 75.0 Å². The number of hydrogen-bond donors (Lipinski definition) is 1. The Bertz CT molecular complexity index is 1120. The fourth-order valence-corrected chi connectivity index (χ4v) is 4.44. The number of amides is 1. The average molecular weight is 532 g/mol. The minimum Gasteiger partial charge on any atom is -0.481 e. The summed E-state index contributed by atoms with van der Waals surface area (Å²) in [7, 11) is 0. The first-order valence-electron chi connectivity index (χ1n) is 9.32. The second-order valence-electron chi connectivity index (χ2n) is 6.51. The van der Waals surface area contributed by atoms with E-state index in [0.29, 0.717) is 49.1 Å². The van der Waals surface area contributed by atoms with E-state index in [1.165, 1.54) is 11.8 Å². The summed E-state index contributed by atoms with van der Waals surface area (Å²) < 4.78 is 7.77. The third-order valence-corrected chi connectivity index (χ3v) is 6.31. The van der Waals surface area contributed by atoms with Gasteiger partial charge in [-0.15, -0.1) is 16.8 Å². The Morgan fingerprint density at radius 2 is 1.91 bits per heavy atom. The molecule has 1 unspecified atom stereocenters. The first-order chi connectivity index (χ1) is 15.3. The Labute approximate surface area is 209 Å². The maximum Gasteiger partial charge on any atom is 0.234 e. The van der Waals surface area contributed by atoms with Crippen molar-refractivity contribution in [1.82, 2.24) is 14.8 Å². The van der Waals surface area contributed by atoms with Crippen molar-refractivity contribution in [2.75, 3.05) is 11.1 Å². The molecule has 168 valence electrons. The first-order valence-corrected chi connectivity index (χ1v) is 11.8. The topological polar surface area (TPSA) is 69.0 Å². The molecule has 0 saturated carbocycles. The SMILES string of the molecule is C=CCn1c(SCC(=O)Nc2c(Cl)cccc2Cl)nnc1C(C)Oc1ccc(Cl)cc1Cl. The highest BCUT2D eigenvalue weighted by Gasteiger charge is 2.21. The van der Waals surface area contributed by atoms with Crippen LogP contribution in [0.15, 0.2) is 54.2 Å². The minimum absolute atomic E-state index is 0.0785. The van der Waals surface area contributed by atoms with Crippen LogP contribution in [-0.4, -0.2) is 26.4 Å². The molecule has 1 amide bonds. The van der Waals surface area contributed by atoms with Gasteiger partial charge < -0.3 is 10.1 Å². The number of benzene rings is 2. The molecule has 0 aliphatic carbocycles. The number of para-hydroxylation sites is 1. The number of allylic oxidation sites excluding steroid dienone is 1. The number of halogens is 4. The standard InChI is InChI=1S/C21H18Cl4N4O2S/c1-3-9-29-20(12(2)31-17-8-7-13(22)10-16(17)25)27-28-21(29)32-11-18(30)26-19-14(23)5-4-6-15(19)24/h3-8,10,12H,1,9,11H2,2H3,(H,26,30). The summed E-state index contributed by atoms with van der Waals surface area (Å²) in [6.45, 7) is 6.05. The molecule has 3 rings (SSSR count). The zero-order valence-corrected chi connectivity index (χ0v) is 20.7. The fourth-order valence-electron chi connectivity index (χ4n) is 2.75. The van der Waals surface area contributed by atoms with Crippen molar-refractivity contribution in [2.45, 2.75) is 24.7 Å². The highest BCUT2D eigenvalue weighted by molar-refractivity contribution is 7.99. The van der Waals surface area contributed by atoms with Crippen LogP contribution in [0.5, 0.6) is 5.75 Å². The van der Waals surface area contributed by atoms with E-state index in [1.807, 2.05) is 11.5 Å². The molecule has 1 N–H and O–H groups in total. The summed E-state index contributed by atoms with van der Waals surface area (Å²) in [4.78, 5) is 12.4. The van der Waals surface area contributed by atoms with Gasteiger partial charge in [0.15, 0.2) is 17.1 Å². The van der Waals surface area contributed by atoms with Crippen LogP contribution >= 0.6 is 58.2 Å².